The summed E-state index contributed by atoms with van der Waals surface area (Å²) < 4.78 is 6.69. The lowest BCUT2D eigenvalue weighted by molar-refractivity contribution is 0.669. The van der Waals surface area contributed by atoms with Gasteiger partial charge in [-0.2, -0.15) is 0 Å². The molecule has 61 heavy (non-hydrogen) atoms. The molecule has 2 aliphatic carbocycles. The minimum atomic E-state index is 0.811. The van der Waals surface area contributed by atoms with Crippen molar-refractivity contribution in [3.05, 3.63) is 196 Å². The number of hydrogen-bond acceptors (Lipinski definition) is 4. The van der Waals surface area contributed by atoms with E-state index in [9.17, 15) is 0 Å². The maximum absolute atomic E-state index is 6.69. The predicted octanol–water partition coefficient (Wildman–Crippen LogP) is 14.5. The van der Waals surface area contributed by atoms with Crippen LogP contribution < -0.4 is 0 Å². The first kappa shape index (κ1) is 35.5. The van der Waals surface area contributed by atoms with Crippen molar-refractivity contribution >= 4 is 21.9 Å². The van der Waals surface area contributed by atoms with E-state index in [2.05, 4.69) is 185 Å². The monoisotopic (exact) mass is 783 g/mol. The van der Waals surface area contributed by atoms with Crippen molar-refractivity contribution < 1.29 is 4.42 Å². The molecule has 2 aromatic heterocycles. The van der Waals surface area contributed by atoms with Gasteiger partial charge in [-0.25, -0.2) is 0 Å². The van der Waals surface area contributed by atoms with Crippen LogP contribution in [0.25, 0.3) is 100 Å². The Morgan fingerprint density at radius 3 is 1.67 bits per heavy atom. The van der Waals surface area contributed by atoms with Crippen LogP contribution in [-0.2, 0) is 12.8 Å². The molecule has 0 aliphatic heterocycles. The number of fused-ring (bicyclic) bond motifs is 9. The van der Waals surface area contributed by atoms with Gasteiger partial charge in [-0.3, -0.25) is 0 Å². The molecule has 0 amide bonds. The Hall–Kier alpha value is -7.43. The molecule has 0 spiro atoms. The topological polar surface area (TPSA) is 51.8 Å². The molecule has 4 heteroatoms. The number of para-hydroxylation sites is 1. The van der Waals surface area contributed by atoms with Gasteiger partial charge in [-0.1, -0.05) is 133 Å². The van der Waals surface area contributed by atoms with Crippen LogP contribution >= 0.6 is 0 Å². The fourth-order valence-corrected chi connectivity index (χ4v) is 10.5. The van der Waals surface area contributed by atoms with E-state index in [0.717, 1.165) is 74.0 Å². The quantitative estimate of drug-likeness (QED) is 0.174. The first-order chi connectivity index (χ1) is 29.9. The second-order valence-corrected chi connectivity index (χ2v) is 16.8. The highest BCUT2D eigenvalue weighted by molar-refractivity contribution is 6.18. The van der Waals surface area contributed by atoms with Crippen molar-refractivity contribution in [1.29, 1.82) is 0 Å². The van der Waals surface area contributed by atoms with E-state index < -0.39 is 0 Å². The summed E-state index contributed by atoms with van der Waals surface area (Å²) in [5, 5.41) is 16.8. The van der Waals surface area contributed by atoms with E-state index in [-0.39, 0.29) is 0 Å². The highest BCUT2D eigenvalue weighted by Crippen LogP contribution is 2.53. The van der Waals surface area contributed by atoms with Gasteiger partial charge in [0.1, 0.15) is 22.6 Å². The Kier molecular flexibility index (Phi) is 7.89. The van der Waals surface area contributed by atoms with Gasteiger partial charge in [0.2, 0.25) is 0 Å². The smallest absolute Gasteiger partial charge is 0.136 e. The van der Waals surface area contributed by atoms with Crippen molar-refractivity contribution in [3.63, 3.8) is 0 Å². The van der Waals surface area contributed by atoms with Crippen LogP contribution in [0, 0.1) is 27.7 Å². The highest BCUT2D eigenvalue weighted by Gasteiger charge is 2.32. The summed E-state index contributed by atoms with van der Waals surface area (Å²) in [6.45, 7) is 9.04. The summed E-state index contributed by atoms with van der Waals surface area (Å²) in [5.74, 6) is 0. The van der Waals surface area contributed by atoms with Crippen LogP contribution in [0.1, 0.15) is 44.5 Å². The van der Waals surface area contributed by atoms with Crippen molar-refractivity contribution in [2.24, 2.45) is 0 Å². The molecule has 0 saturated carbocycles. The summed E-state index contributed by atoms with van der Waals surface area (Å²) in [5.41, 5.74) is 27.9. The lowest BCUT2D eigenvalue weighted by Gasteiger charge is -2.23. The summed E-state index contributed by atoms with van der Waals surface area (Å²) in [6.07, 6.45) is 1.72. The molecule has 0 bridgehead atoms. The zero-order chi connectivity index (χ0) is 40.9. The van der Waals surface area contributed by atoms with E-state index in [0.29, 0.717) is 0 Å². The first-order valence-electron chi connectivity index (χ1n) is 21.2. The van der Waals surface area contributed by atoms with Crippen molar-refractivity contribution in [1.82, 2.24) is 15.4 Å². The van der Waals surface area contributed by atoms with Crippen LogP contribution in [0.3, 0.4) is 0 Å². The number of benzene rings is 8. The molecule has 0 N–H and O–H groups in total. The third kappa shape index (κ3) is 5.28. The standard InChI is InChI=1S/C57H41N3O/c1-32-28-45-39-20-10-8-18-37(39)30-47(45)51(34(32)3)44-26-27-50-54(43-24-14-15-25-49(43)61-50)53(44)41-22-12-13-23-42(41)57-55(56(58-60-59-57)36-16-6-5-7-17-36)52-35(4)33(2)29-46-40-21-11-9-19-38(40)31-48(46)52/h5-29H,30-31H2,1-4H3. The fourth-order valence-electron chi connectivity index (χ4n) is 10.5. The molecule has 0 radical (unpaired) electrons. The number of nitrogens with zero attached hydrogens (tertiary/aromatic N) is 3. The van der Waals surface area contributed by atoms with E-state index in [4.69, 9.17) is 14.6 Å². The average molecular weight is 784 g/mol. The van der Waals surface area contributed by atoms with E-state index in [1.807, 2.05) is 0 Å². The van der Waals surface area contributed by atoms with Gasteiger partial charge in [-0.15, -0.1) is 10.2 Å². The molecule has 290 valence electrons. The maximum Gasteiger partial charge on any atom is 0.136 e. The van der Waals surface area contributed by atoms with Crippen LogP contribution in [0.5, 0.6) is 0 Å². The normalized spacial score (nSPS) is 12.5. The lowest BCUT2D eigenvalue weighted by atomic mass is 9.81. The zero-order valence-corrected chi connectivity index (χ0v) is 34.6. The molecule has 10 aromatic rings. The van der Waals surface area contributed by atoms with Crippen molar-refractivity contribution in [3.8, 4) is 78.1 Å². The molecule has 2 aliphatic rings. The van der Waals surface area contributed by atoms with Crippen LogP contribution in [0.2, 0.25) is 0 Å². The highest BCUT2D eigenvalue weighted by atomic mass is 16.3. The molecular formula is C57H41N3O. The Bertz CT molecular complexity index is 3470. The van der Waals surface area contributed by atoms with Gasteiger partial charge in [0.05, 0.1) is 0 Å². The van der Waals surface area contributed by atoms with Crippen LogP contribution in [0.4, 0.5) is 0 Å². The number of aromatic nitrogens is 3. The number of hydrogen-bond donors (Lipinski definition) is 0. The first-order valence-corrected chi connectivity index (χ1v) is 21.2. The predicted molar refractivity (Wildman–Crippen MR) is 250 cm³/mol. The molecule has 2 heterocycles. The maximum atomic E-state index is 6.69. The van der Waals surface area contributed by atoms with Crippen LogP contribution in [-0.4, -0.2) is 15.4 Å². The summed E-state index contributed by atoms with van der Waals surface area (Å²) in [7, 11) is 0. The Balaban J connectivity index is 1.20. The van der Waals surface area contributed by atoms with Gasteiger partial charge < -0.3 is 4.42 Å². The van der Waals surface area contributed by atoms with E-state index in [1.54, 1.807) is 0 Å². The van der Waals surface area contributed by atoms with Gasteiger partial charge >= 0.3 is 0 Å². The minimum Gasteiger partial charge on any atom is -0.456 e. The zero-order valence-electron chi connectivity index (χ0n) is 34.6. The molecular weight excluding hydrogens is 743 g/mol. The molecule has 12 rings (SSSR count). The van der Waals surface area contributed by atoms with Gasteiger partial charge in [0, 0.05) is 33.0 Å². The molecule has 0 atom stereocenters. The lowest BCUT2D eigenvalue weighted by Crippen LogP contribution is -2.05. The minimum absolute atomic E-state index is 0.811. The largest absolute Gasteiger partial charge is 0.456 e. The van der Waals surface area contributed by atoms with Crippen LogP contribution in [0.15, 0.2) is 156 Å². The molecule has 4 nitrogen and oxygen atoms in total. The van der Waals surface area contributed by atoms with Gasteiger partial charge in [0.15, 0.2) is 0 Å². The molecule has 8 aromatic carbocycles. The van der Waals surface area contributed by atoms with Crippen molar-refractivity contribution in [2.45, 2.75) is 40.5 Å². The van der Waals surface area contributed by atoms with Gasteiger partial charge in [0.25, 0.3) is 0 Å². The summed E-state index contributed by atoms with van der Waals surface area (Å²) >= 11 is 0. The second-order valence-electron chi connectivity index (χ2n) is 16.8. The number of furan rings is 1. The number of aryl methyl sites for hydroxylation is 2. The molecule has 0 saturated heterocycles. The SMILES string of the molecule is Cc1cc2c(c(-c3ccc4oc5ccccc5c4c3-c3ccccc3-c3nnnc(-c4ccccc4)c3-c3c(C)c(C)cc4c3Cc3ccccc3-4)c1C)Cc1ccccc1-2. The molecule has 0 fully saturated rings. The average Bonchev–Trinajstić information content (AvgIpc) is 3.98. The Labute approximate surface area is 355 Å². The Morgan fingerprint density at radius 2 is 0.967 bits per heavy atom. The van der Waals surface area contributed by atoms with E-state index >= 15 is 0 Å². The molecule has 0 unspecified atom stereocenters. The summed E-state index contributed by atoms with van der Waals surface area (Å²) in [6, 6.07) is 54.7. The van der Waals surface area contributed by atoms with Gasteiger partial charge in [-0.05, 0) is 153 Å². The summed E-state index contributed by atoms with van der Waals surface area (Å²) in [4.78, 5) is 0. The fraction of sp³-hybridized carbons (Fsp3) is 0.105. The van der Waals surface area contributed by atoms with Crippen molar-refractivity contribution in [2.75, 3.05) is 0 Å². The Morgan fingerprint density at radius 1 is 0.410 bits per heavy atom. The number of rotatable bonds is 5. The third-order valence-corrected chi connectivity index (χ3v) is 13.6. The second kappa shape index (κ2) is 13.6. The third-order valence-electron chi connectivity index (χ3n) is 13.6. The van der Waals surface area contributed by atoms with E-state index in [1.165, 1.54) is 83.5 Å².